The molecule has 0 aromatic heterocycles. The molecule has 100 valence electrons. The van der Waals surface area contributed by atoms with Gasteiger partial charge in [0.2, 0.25) is 5.91 Å². The van der Waals surface area contributed by atoms with E-state index < -0.39 is 0 Å². The maximum absolute atomic E-state index is 12.3. The van der Waals surface area contributed by atoms with Crippen molar-refractivity contribution in [2.24, 2.45) is 11.7 Å². The van der Waals surface area contributed by atoms with Gasteiger partial charge in [-0.1, -0.05) is 20.3 Å². The third-order valence-electron chi connectivity index (χ3n) is 4.21. The predicted molar refractivity (Wildman–Crippen MR) is 70.7 cm³/mol. The average molecular weight is 241 g/mol. The second-order valence-corrected chi connectivity index (χ2v) is 5.52. The van der Waals surface area contributed by atoms with E-state index >= 15 is 0 Å². The number of carbonyl (C=O) groups is 1. The summed E-state index contributed by atoms with van der Waals surface area (Å²) in [5, 5.41) is 0. The second-order valence-electron chi connectivity index (χ2n) is 5.52. The van der Waals surface area contributed by atoms with Gasteiger partial charge < -0.3 is 10.6 Å². The number of hydrogen-bond donors (Lipinski definition) is 1. The maximum atomic E-state index is 12.3. The smallest absolute Gasteiger partial charge is 0.239 e. The zero-order valence-corrected chi connectivity index (χ0v) is 11.8. The lowest BCUT2D eigenvalue weighted by Gasteiger charge is -2.43. The SMILES string of the molecule is CCC(C)[C@H](N)C(=O)N1CC(C)N(C)C(C)C1. The molecule has 2 N–H and O–H groups in total. The van der Waals surface area contributed by atoms with Gasteiger partial charge in [-0.05, 0) is 26.8 Å². The summed E-state index contributed by atoms with van der Waals surface area (Å²) < 4.78 is 0. The second kappa shape index (κ2) is 5.83. The lowest BCUT2D eigenvalue weighted by molar-refractivity contribution is -0.137. The third kappa shape index (κ3) is 3.19. The highest BCUT2D eigenvalue weighted by Gasteiger charge is 2.32. The summed E-state index contributed by atoms with van der Waals surface area (Å²) >= 11 is 0. The van der Waals surface area contributed by atoms with Gasteiger partial charge in [0.25, 0.3) is 0 Å². The van der Waals surface area contributed by atoms with Crippen LogP contribution in [0.25, 0.3) is 0 Å². The quantitative estimate of drug-likeness (QED) is 0.799. The summed E-state index contributed by atoms with van der Waals surface area (Å²) in [4.78, 5) is 16.5. The molecule has 1 aliphatic rings. The molecule has 1 rings (SSSR count). The first kappa shape index (κ1) is 14.5. The van der Waals surface area contributed by atoms with Crippen LogP contribution in [0, 0.1) is 5.92 Å². The van der Waals surface area contributed by atoms with Gasteiger partial charge in [0.15, 0.2) is 0 Å². The predicted octanol–water partition coefficient (Wildman–Crippen LogP) is 0.911. The fourth-order valence-corrected chi connectivity index (χ4v) is 2.29. The Morgan fingerprint density at radius 1 is 1.35 bits per heavy atom. The van der Waals surface area contributed by atoms with Crippen LogP contribution in [0.5, 0.6) is 0 Å². The number of amides is 1. The molecule has 0 aliphatic carbocycles. The fraction of sp³-hybridized carbons (Fsp3) is 0.923. The molecule has 0 bridgehead atoms. The number of likely N-dealkylation sites (N-methyl/N-ethyl adjacent to an activating group) is 1. The lowest BCUT2D eigenvalue weighted by atomic mass is 9.97. The molecular weight excluding hydrogens is 214 g/mol. The van der Waals surface area contributed by atoms with Crippen LogP contribution in [0.2, 0.25) is 0 Å². The first-order valence-electron chi connectivity index (χ1n) is 6.64. The Bertz CT molecular complexity index is 257. The van der Waals surface area contributed by atoms with Crippen LogP contribution in [0.4, 0.5) is 0 Å². The summed E-state index contributed by atoms with van der Waals surface area (Å²) in [6.45, 7) is 10.0. The van der Waals surface area contributed by atoms with Gasteiger partial charge in [-0.15, -0.1) is 0 Å². The van der Waals surface area contributed by atoms with Crippen molar-refractivity contribution in [2.45, 2.75) is 52.2 Å². The van der Waals surface area contributed by atoms with E-state index in [1.807, 2.05) is 11.8 Å². The van der Waals surface area contributed by atoms with Crippen LogP contribution in [0.1, 0.15) is 34.1 Å². The number of rotatable bonds is 3. The van der Waals surface area contributed by atoms with Crippen molar-refractivity contribution in [3.8, 4) is 0 Å². The van der Waals surface area contributed by atoms with E-state index in [2.05, 4.69) is 32.7 Å². The number of piperazine rings is 1. The number of carbonyl (C=O) groups excluding carboxylic acids is 1. The Morgan fingerprint density at radius 3 is 2.24 bits per heavy atom. The standard InChI is InChI=1S/C13H27N3O/c1-6-9(2)12(14)13(17)16-7-10(3)15(5)11(4)8-16/h9-12H,6-8,14H2,1-5H3/t9?,10?,11?,12-/m0/s1. The van der Waals surface area contributed by atoms with Gasteiger partial charge in [-0.3, -0.25) is 9.69 Å². The Hall–Kier alpha value is -0.610. The molecule has 1 fully saturated rings. The summed E-state index contributed by atoms with van der Waals surface area (Å²) in [6.07, 6.45) is 0.950. The molecule has 1 amide bonds. The van der Waals surface area contributed by atoms with Crippen LogP contribution in [-0.4, -0.2) is 54.0 Å². The van der Waals surface area contributed by atoms with E-state index in [1.165, 1.54) is 0 Å². The van der Waals surface area contributed by atoms with E-state index in [9.17, 15) is 4.79 Å². The Morgan fingerprint density at radius 2 is 1.82 bits per heavy atom. The van der Waals surface area contributed by atoms with Gasteiger partial charge in [0.1, 0.15) is 0 Å². The van der Waals surface area contributed by atoms with Gasteiger partial charge >= 0.3 is 0 Å². The maximum Gasteiger partial charge on any atom is 0.239 e. The molecule has 3 unspecified atom stereocenters. The van der Waals surface area contributed by atoms with Gasteiger partial charge in [0.05, 0.1) is 6.04 Å². The molecule has 1 aliphatic heterocycles. The van der Waals surface area contributed by atoms with Crippen molar-refractivity contribution >= 4 is 5.91 Å². The highest BCUT2D eigenvalue weighted by Crippen LogP contribution is 2.16. The Balaban J connectivity index is 2.64. The van der Waals surface area contributed by atoms with Crippen LogP contribution < -0.4 is 5.73 Å². The van der Waals surface area contributed by atoms with Crippen molar-refractivity contribution < 1.29 is 4.79 Å². The van der Waals surface area contributed by atoms with Crippen molar-refractivity contribution in [1.82, 2.24) is 9.80 Å². The topological polar surface area (TPSA) is 49.6 Å². The van der Waals surface area contributed by atoms with Gasteiger partial charge in [-0.25, -0.2) is 0 Å². The zero-order chi connectivity index (χ0) is 13.2. The molecular formula is C13H27N3O. The van der Waals surface area contributed by atoms with Crippen LogP contribution >= 0.6 is 0 Å². The van der Waals surface area contributed by atoms with E-state index in [-0.39, 0.29) is 17.9 Å². The summed E-state index contributed by atoms with van der Waals surface area (Å²) in [5.74, 6) is 0.374. The molecule has 1 saturated heterocycles. The van der Waals surface area contributed by atoms with Gasteiger partial charge in [-0.2, -0.15) is 0 Å². The summed E-state index contributed by atoms with van der Waals surface area (Å²) in [6, 6.07) is 0.474. The summed E-state index contributed by atoms with van der Waals surface area (Å²) in [7, 11) is 2.12. The minimum absolute atomic E-state index is 0.117. The number of hydrogen-bond acceptors (Lipinski definition) is 3. The molecule has 0 aromatic carbocycles. The molecule has 4 atom stereocenters. The van der Waals surface area contributed by atoms with E-state index in [4.69, 9.17) is 5.73 Å². The monoisotopic (exact) mass is 241 g/mol. The van der Waals surface area contributed by atoms with Crippen LogP contribution in [0.3, 0.4) is 0 Å². The van der Waals surface area contributed by atoms with Crippen LogP contribution in [0.15, 0.2) is 0 Å². The average Bonchev–Trinajstić information content (AvgIpc) is 2.32. The van der Waals surface area contributed by atoms with E-state index in [0.29, 0.717) is 12.1 Å². The lowest BCUT2D eigenvalue weighted by Crippen LogP contribution is -2.59. The first-order valence-corrected chi connectivity index (χ1v) is 6.64. The molecule has 0 aromatic rings. The minimum Gasteiger partial charge on any atom is -0.338 e. The molecule has 4 nitrogen and oxygen atoms in total. The fourth-order valence-electron chi connectivity index (χ4n) is 2.29. The van der Waals surface area contributed by atoms with Crippen molar-refractivity contribution in [3.63, 3.8) is 0 Å². The Labute approximate surface area is 105 Å². The van der Waals surface area contributed by atoms with E-state index in [1.54, 1.807) is 0 Å². The van der Waals surface area contributed by atoms with Crippen molar-refractivity contribution in [3.05, 3.63) is 0 Å². The van der Waals surface area contributed by atoms with Crippen LogP contribution in [-0.2, 0) is 4.79 Å². The molecule has 0 radical (unpaired) electrons. The van der Waals surface area contributed by atoms with E-state index in [0.717, 1.165) is 19.5 Å². The summed E-state index contributed by atoms with van der Waals surface area (Å²) in [5.41, 5.74) is 6.02. The third-order valence-corrected chi connectivity index (χ3v) is 4.21. The molecule has 0 saturated carbocycles. The molecule has 0 spiro atoms. The highest BCUT2D eigenvalue weighted by molar-refractivity contribution is 5.82. The largest absolute Gasteiger partial charge is 0.338 e. The van der Waals surface area contributed by atoms with Crippen molar-refractivity contribution in [2.75, 3.05) is 20.1 Å². The zero-order valence-electron chi connectivity index (χ0n) is 11.8. The van der Waals surface area contributed by atoms with Crippen molar-refractivity contribution in [1.29, 1.82) is 0 Å². The van der Waals surface area contributed by atoms with Gasteiger partial charge in [0, 0.05) is 25.2 Å². The highest BCUT2D eigenvalue weighted by atomic mass is 16.2. The number of nitrogens with zero attached hydrogens (tertiary/aromatic N) is 2. The molecule has 17 heavy (non-hydrogen) atoms. The minimum atomic E-state index is -0.345. The first-order chi connectivity index (χ1) is 7.88. The number of nitrogens with two attached hydrogens (primary N) is 1. The normalized spacial score (nSPS) is 30.1. The Kier molecular flexibility index (Phi) is 4.95. The molecule has 4 heteroatoms. The molecule has 1 heterocycles.